The van der Waals surface area contributed by atoms with E-state index < -0.39 is 0 Å². The molecule has 0 N–H and O–H groups in total. The Hall–Kier alpha value is -2.02. The molecule has 0 aliphatic carbocycles. The summed E-state index contributed by atoms with van der Waals surface area (Å²) in [6, 6.07) is 1.79. The van der Waals surface area contributed by atoms with Crippen LogP contribution in [0.5, 0.6) is 5.88 Å². The molecule has 16 heavy (non-hydrogen) atoms. The number of hydrogen-bond acceptors (Lipinski definition) is 4. The minimum Gasteiger partial charge on any atom is -0.481 e. The van der Waals surface area contributed by atoms with Gasteiger partial charge in [-0.3, -0.25) is 4.79 Å². The molecule has 0 aliphatic heterocycles. The van der Waals surface area contributed by atoms with Crippen LogP contribution in [0.4, 0.5) is 0 Å². The zero-order valence-corrected chi connectivity index (χ0v) is 9.53. The van der Waals surface area contributed by atoms with Crippen molar-refractivity contribution in [2.75, 3.05) is 14.2 Å². The number of ether oxygens (including phenoxy) is 2. The normalized spacial score (nSPS) is 8.94. The first-order valence-corrected chi connectivity index (χ1v) is 4.73. The standard InChI is InChI=1S/C12H13NO3/c1-9-7-11(15-2)13-8-10(9)5-4-6-12(14)16-3/h7-8H,6H2,1-3H3. The number of carbonyl (C=O) groups is 1. The predicted octanol–water partition coefficient (Wildman–Crippen LogP) is 1.31. The number of methoxy groups -OCH3 is 2. The Bertz CT molecular complexity index is 443. The van der Waals surface area contributed by atoms with Crippen LogP contribution in [0.15, 0.2) is 12.3 Å². The van der Waals surface area contributed by atoms with Crippen LogP contribution in [0, 0.1) is 18.8 Å². The van der Waals surface area contributed by atoms with E-state index in [1.165, 1.54) is 7.11 Å². The van der Waals surface area contributed by atoms with E-state index in [0.29, 0.717) is 5.88 Å². The van der Waals surface area contributed by atoms with Gasteiger partial charge in [0.15, 0.2) is 0 Å². The third kappa shape index (κ3) is 3.28. The lowest BCUT2D eigenvalue weighted by Crippen LogP contribution is -1.97. The maximum absolute atomic E-state index is 10.8. The number of hydrogen-bond donors (Lipinski definition) is 0. The van der Waals surface area contributed by atoms with Gasteiger partial charge in [-0.25, -0.2) is 4.98 Å². The summed E-state index contributed by atoms with van der Waals surface area (Å²) in [6.07, 6.45) is 1.71. The van der Waals surface area contributed by atoms with Crippen LogP contribution in [0.25, 0.3) is 0 Å². The summed E-state index contributed by atoms with van der Waals surface area (Å²) in [6.45, 7) is 1.91. The summed E-state index contributed by atoms with van der Waals surface area (Å²) in [5, 5.41) is 0. The number of aryl methyl sites for hydroxylation is 1. The summed E-state index contributed by atoms with van der Waals surface area (Å²) in [5.74, 6) is 5.80. The fourth-order valence-corrected chi connectivity index (χ4v) is 1.06. The van der Waals surface area contributed by atoms with Crippen molar-refractivity contribution < 1.29 is 14.3 Å². The van der Waals surface area contributed by atoms with E-state index >= 15 is 0 Å². The molecule has 0 saturated carbocycles. The van der Waals surface area contributed by atoms with Gasteiger partial charge >= 0.3 is 5.97 Å². The Balaban J connectivity index is 2.77. The van der Waals surface area contributed by atoms with E-state index in [1.54, 1.807) is 19.4 Å². The molecule has 84 valence electrons. The third-order valence-corrected chi connectivity index (χ3v) is 1.98. The van der Waals surface area contributed by atoms with Crippen molar-refractivity contribution in [1.82, 2.24) is 4.98 Å². The maximum Gasteiger partial charge on any atom is 0.317 e. The van der Waals surface area contributed by atoms with Gasteiger partial charge < -0.3 is 9.47 Å². The molecule has 0 spiro atoms. The second-order valence-electron chi connectivity index (χ2n) is 3.10. The number of rotatable bonds is 2. The average molecular weight is 219 g/mol. The molecule has 0 aromatic carbocycles. The number of aromatic nitrogens is 1. The Morgan fingerprint density at radius 2 is 2.25 bits per heavy atom. The van der Waals surface area contributed by atoms with E-state index in [1.807, 2.05) is 6.92 Å². The first-order chi connectivity index (χ1) is 7.67. The maximum atomic E-state index is 10.8. The van der Waals surface area contributed by atoms with Crippen molar-refractivity contribution in [3.8, 4) is 17.7 Å². The van der Waals surface area contributed by atoms with Crippen molar-refractivity contribution in [3.63, 3.8) is 0 Å². The van der Waals surface area contributed by atoms with E-state index in [4.69, 9.17) is 4.74 Å². The SMILES string of the molecule is COC(=O)CC#Cc1cnc(OC)cc1C. The van der Waals surface area contributed by atoms with E-state index in [2.05, 4.69) is 21.6 Å². The summed E-state index contributed by atoms with van der Waals surface area (Å²) >= 11 is 0. The van der Waals surface area contributed by atoms with Gasteiger partial charge in [-0.2, -0.15) is 0 Å². The van der Waals surface area contributed by atoms with Crippen LogP contribution in [0.3, 0.4) is 0 Å². The highest BCUT2D eigenvalue weighted by Gasteiger charge is 1.99. The molecule has 0 amide bonds. The van der Waals surface area contributed by atoms with Crippen molar-refractivity contribution in [3.05, 3.63) is 23.4 Å². The minimum absolute atomic E-state index is 0.0853. The molecular weight excluding hydrogens is 206 g/mol. The molecular formula is C12H13NO3. The molecule has 1 aromatic rings. The van der Waals surface area contributed by atoms with Crippen LogP contribution in [0.1, 0.15) is 17.5 Å². The highest BCUT2D eigenvalue weighted by molar-refractivity contribution is 5.72. The minimum atomic E-state index is -0.341. The fraction of sp³-hybridized carbons (Fsp3) is 0.333. The highest BCUT2D eigenvalue weighted by Crippen LogP contribution is 2.11. The average Bonchev–Trinajstić information content (AvgIpc) is 2.30. The first kappa shape index (κ1) is 12.1. The third-order valence-electron chi connectivity index (χ3n) is 1.98. The zero-order valence-electron chi connectivity index (χ0n) is 9.53. The van der Waals surface area contributed by atoms with Gasteiger partial charge in [0.25, 0.3) is 0 Å². The highest BCUT2D eigenvalue weighted by atomic mass is 16.5. The van der Waals surface area contributed by atoms with Crippen molar-refractivity contribution in [2.24, 2.45) is 0 Å². The molecule has 4 heteroatoms. The zero-order chi connectivity index (χ0) is 12.0. The van der Waals surface area contributed by atoms with E-state index in [0.717, 1.165) is 11.1 Å². The van der Waals surface area contributed by atoms with Crippen molar-refractivity contribution >= 4 is 5.97 Å². The topological polar surface area (TPSA) is 48.4 Å². The van der Waals surface area contributed by atoms with Gasteiger partial charge in [0.2, 0.25) is 5.88 Å². The van der Waals surface area contributed by atoms with Crippen LogP contribution in [-0.2, 0) is 9.53 Å². The lowest BCUT2D eigenvalue weighted by atomic mass is 10.1. The van der Waals surface area contributed by atoms with Crippen LogP contribution >= 0.6 is 0 Å². The molecule has 0 bridgehead atoms. The summed E-state index contributed by atoms with van der Waals surface area (Å²) in [7, 11) is 2.90. The van der Waals surface area contributed by atoms with Crippen LogP contribution in [-0.4, -0.2) is 25.2 Å². The number of carbonyl (C=O) groups excluding carboxylic acids is 1. The van der Waals surface area contributed by atoms with Gasteiger partial charge in [0.1, 0.15) is 6.42 Å². The van der Waals surface area contributed by atoms with Crippen molar-refractivity contribution in [2.45, 2.75) is 13.3 Å². The smallest absolute Gasteiger partial charge is 0.317 e. The quantitative estimate of drug-likeness (QED) is 0.556. The number of nitrogens with zero attached hydrogens (tertiary/aromatic N) is 1. The van der Waals surface area contributed by atoms with E-state index in [-0.39, 0.29) is 12.4 Å². The molecule has 0 radical (unpaired) electrons. The summed E-state index contributed by atoms with van der Waals surface area (Å²) in [5.41, 5.74) is 1.74. The second-order valence-corrected chi connectivity index (χ2v) is 3.10. The molecule has 1 aromatic heterocycles. The predicted molar refractivity (Wildman–Crippen MR) is 59.0 cm³/mol. The van der Waals surface area contributed by atoms with Gasteiger partial charge in [-0.05, 0) is 12.5 Å². The largest absolute Gasteiger partial charge is 0.481 e. The monoisotopic (exact) mass is 219 g/mol. The van der Waals surface area contributed by atoms with Gasteiger partial charge in [0, 0.05) is 17.8 Å². The molecule has 4 nitrogen and oxygen atoms in total. The summed E-state index contributed by atoms with van der Waals surface area (Å²) in [4.78, 5) is 14.9. The molecule has 0 unspecified atom stereocenters. The lowest BCUT2D eigenvalue weighted by Gasteiger charge is -2.01. The number of pyridine rings is 1. The molecule has 0 aliphatic rings. The Morgan fingerprint density at radius 1 is 1.50 bits per heavy atom. The van der Waals surface area contributed by atoms with E-state index in [9.17, 15) is 4.79 Å². The lowest BCUT2D eigenvalue weighted by molar-refractivity contribution is -0.139. The molecule has 0 saturated heterocycles. The van der Waals surface area contributed by atoms with Gasteiger partial charge in [-0.1, -0.05) is 11.8 Å². The Kier molecular flexibility index (Phi) is 4.34. The van der Waals surface area contributed by atoms with Gasteiger partial charge in [0.05, 0.1) is 14.2 Å². The molecule has 1 heterocycles. The van der Waals surface area contributed by atoms with Crippen molar-refractivity contribution in [1.29, 1.82) is 0 Å². The fourth-order valence-electron chi connectivity index (χ4n) is 1.06. The van der Waals surface area contributed by atoms with Crippen LogP contribution in [0.2, 0.25) is 0 Å². The second kappa shape index (κ2) is 5.76. The summed E-state index contributed by atoms with van der Waals surface area (Å²) < 4.78 is 9.45. The molecule has 1 rings (SSSR count). The van der Waals surface area contributed by atoms with Gasteiger partial charge in [-0.15, -0.1) is 0 Å². The number of esters is 1. The molecule has 0 fully saturated rings. The Morgan fingerprint density at radius 3 is 2.81 bits per heavy atom. The molecule has 0 atom stereocenters. The van der Waals surface area contributed by atoms with Crippen LogP contribution < -0.4 is 4.74 Å². The Labute approximate surface area is 94.6 Å². The first-order valence-electron chi connectivity index (χ1n) is 4.73.